The third kappa shape index (κ3) is 2.32. The van der Waals surface area contributed by atoms with Crippen molar-refractivity contribution in [2.45, 2.75) is 39.7 Å². The molecule has 0 saturated carbocycles. The SMILES string of the molecule is CC(C)(C)C(=O)N1CCC(O)CC1=O. The molecule has 0 radical (unpaired) electrons. The molecule has 1 fully saturated rings. The molecular formula is C10H17NO3. The van der Waals surface area contributed by atoms with E-state index in [1.54, 1.807) is 20.8 Å². The second-order valence-corrected chi connectivity index (χ2v) is 4.75. The fraction of sp³-hybridized carbons (Fsp3) is 0.800. The molecule has 0 aromatic heterocycles. The molecular weight excluding hydrogens is 182 g/mol. The number of hydrogen-bond acceptors (Lipinski definition) is 3. The van der Waals surface area contributed by atoms with E-state index in [9.17, 15) is 14.7 Å². The Bertz CT molecular complexity index is 255. The number of nitrogens with zero attached hydrogens (tertiary/aromatic N) is 1. The Kier molecular flexibility index (Phi) is 2.95. The molecule has 1 saturated heterocycles. The van der Waals surface area contributed by atoms with Crippen molar-refractivity contribution >= 4 is 11.8 Å². The van der Waals surface area contributed by atoms with Crippen molar-refractivity contribution in [3.63, 3.8) is 0 Å². The van der Waals surface area contributed by atoms with Gasteiger partial charge in [0.25, 0.3) is 0 Å². The summed E-state index contributed by atoms with van der Waals surface area (Å²) < 4.78 is 0. The van der Waals surface area contributed by atoms with Crippen LogP contribution in [-0.2, 0) is 9.59 Å². The predicted octanol–water partition coefficient (Wildman–Crippen LogP) is 0.542. The van der Waals surface area contributed by atoms with E-state index in [0.717, 1.165) is 0 Å². The van der Waals surface area contributed by atoms with Crippen molar-refractivity contribution in [1.82, 2.24) is 4.90 Å². The van der Waals surface area contributed by atoms with Crippen molar-refractivity contribution in [3.05, 3.63) is 0 Å². The summed E-state index contributed by atoms with van der Waals surface area (Å²) in [5.41, 5.74) is -0.530. The lowest BCUT2D eigenvalue weighted by atomic mass is 9.93. The molecule has 0 aromatic carbocycles. The topological polar surface area (TPSA) is 57.6 Å². The first kappa shape index (κ1) is 11.2. The maximum atomic E-state index is 11.8. The first-order valence-electron chi connectivity index (χ1n) is 4.85. The molecule has 14 heavy (non-hydrogen) atoms. The van der Waals surface area contributed by atoms with Crippen LogP contribution < -0.4 is 0 Å². The van der Waals surface area contributed by atoms with Gasteiger partial charge in [0.1, 0.15) is 0 Å². The van der Waals surface area contributed by atoms with E-state index < -0.39 is 11.5 Å². The number of imide groups is 1. The maximum absolute atomic E-state index is 11.8. The van der Waals surface area contributed by atoms with Gasteiger partial charge in [-0.15, -0.1) is 0 Å². The van der Waals surface area contributed by atoms with Gasteiger partial charge in [0, 0.05) is 12.0 Å². The number of piperidine rings is 1. The number of rotatable bonds is 0. The summed E-state index contributed by atoms with van der Waals surface area (Å²) in [7, 11) is 0. The number of carbonyl (C=O) groups is 2. The van der Waals surface area contributed by atoms with Gasteiger partial charge in [-0.1, -0.05) is 20.8 Å². The molecule has 1 atom stereocenters. The van der Waals surface area contributed by atoms with Crippen LogP contribution in [0.25, 0.3) is 0 Å². The Morgan fingerprint density at radius 1 is 1.50 bits per heavy atom. The van der Waals surface area contributed by atoms with Crippen LogP contribution in [0, 0.1) is 5.41 Å². The summed E-state index contributed by atoms with van der Waals surface area (Å²) in [4.78, 5) is 24.5. The average molecular weight is 199 g/mol. The summed E-state index contributed by atoms with van der Waals surface area (Å²) in [5, 5.41) is 9.22. The zero-order valence-corrected chi connectivity index (χ0v) is 8.91. The molecule has 1 aliphatic heterocycles. The van der Waals surface area contributed by atoms with Crippen LogP contribution in [0.4, 0.5) is 0 Å². The third-order valence-corrected chi connectivity index (χ3v) is 2.28. The minimum atomic E-state index is -0.577. The van der Waals surface area contributed by atoms with Crippen LogP contribution in [0.3, 0.4) is 0 Å². The zero-order chi connectivity index (χ0) is 10.9. The lowest BCUT2D eigenvalue weighted by Gasteiger charge is -2.32. The van der Waals surface area contributed by atoms with Gasteiger partial charge in [0.05, 0.1) is 12.5 Å². The normalized spacial score (nSPS) is 23.9. The molecule has 4 nitrogen and oxygen atoms in total. The van der Waals surface area contributed by atoms with E-state index in [1.165, 1.54) is 4.90 Å². The highest BCUT2D eigenvalue weighted by Gasteiger charge is 2.34. The van der Waals surface area contributed by atoms with Crippen LogP contribution in [0.5, 0.6) is 0 Å². The van der Waals surface area contributed by atoms with Gasteiger partial charge in [0.15, 0.2) is 0 Å². The number of hydrogen-bond donors (Lipinski definition) is 1. The number of aliphatic hydroxyl groups excluding tert-OH is 1. The summed E-state index contributed by atoms with van der Waals surface area (Å²) in [6.45, 7) is 5.70. The molecule has 2 amide bonds. The largest absolute Gasteiger partial charge is 0.393 e. The van der Waals surface area contributed by atoms with Crippen LogP contribution in [0.15, 0.2) is 0 Å². The van der Waals surface area contributed by atoms with Crippen LogP contribution in [0.1, 0.15) is 33.6 Å². The highest BCUT2D eigenvalue weighted by molar-refractivity contribution is 5.98. The second-order valence-electron chi connectivity index (χ2n) is 4.75. The minimum absolute atomic E-state index is 0.0712. The van der Waals surface area contributed by atoms with Crippen molar-refractivity contribution < 1.29 is 14.7 Å². The monoisotopic (exact) mass is 199 g/mol. The van der Waals surface area contributed by atoms with Gasteiger partial charge in [-0.3, -0.25) is 14.5 Å². The number of amides is 2. The Labute approximate surface area is 83.9 Å². The smallest absolute Gasteiger partial charge is 0.234 e. The zero-order valence-electron chi connectivity index (χ0n) is 8.91. The van der Waals surface area contributed by atoms with Gasteiger partial charge < -0.3 is 5.11 Å². The highest BCUT2D eigenvalue weighted by atomic mass is 16.3. The van der Waals surface area contributed by atoms with Crippen LogP contribution in [-0.4, -0.2) is 34.5 Å². The van der Waals surface area contributed by atoms with Gasteiger partial charge >= 0.3 is 0 Å². The van der Waals surface area contributed by atoms with Crippen LogP contribution >= 0.6 is 0 Å². The molecule has 1 heterocycles. The summed E-state index contributed by atoms with van der Waals surface area (Å²) >= 11 is 0. The summed E-state index contributed by atoms with van der Waals surface area (Å²) in [6.07, 6.45) is -0.0124. The van der Waals surface area contributed by atoms with Crippen molar-refractivity contribution in [2.75, 3.05) is 6.54 Å². The van der Waals surface area contributed by atoms with Gasteiger partial charge in [-0.2, -0.15) is 0 Å². The molecule has 80 valence electrons. The molecule has 0 aliphatic carbocycles. The van der Waals surface area contributed by atoms with Gasteiger partial charge in [-0.05, 0) is 6.42 Å². The van der Waals surface area contributed by atoms with E-state index in [0.29, 0.717) is 13.0 Å². The Balaban J connectivity index is 2.70. The summed E-state index contributed by atoms with van der Waals surface area (Å²) in [5.74, 6) is -0.418. The van der Waals surface area contributed by atoms with E-state index in [-0.39, 0.29) is 18.2 Å². The van der Waals surface area contributed by atoms with Gasteiger partial charge in [0.2, 0.25) is 11.8 Å². The molecule has 1 unspecified atom stereocenters. The average Bonchev–Trinajstić information content (AvgIpc) is 2.01. The number of aliphatic hydroxyl groups is 1. The Morgan fingerprint density at radius 2 is 2.07 bits per heavy atom. The lowest BCUT2D eigenvalue weighted by molar-refractivity contribution is -0.154. The maximum Gasteiger partial charge on any atom is 0.234 e. The fourth-order valence-corrected chi connectivity index (χ4v) is 1.44. The molecule has 0 bridgehead atoms. The van der Waals surface area contributed by atoms with E-state index in [4.69, 9.17) is 0 Å². The van der Waals surface area contributed by atoms with E-state index in [1.807, 2.05) is 0 Å². The first-order valence-corrected chi connectivity index (χ1v) is 4.85. The number of likely N-dealkylation sites (tertiary alicyclic amines) is 1. The van der Waals surface area contributed by atoms with Gasteiger partial charge in [-0.25, -0.2) is 0 Å². The Hall–Kier alpha value is -0.900. The fourth-order valence-electron chi connectivity index (χ4n) is 1.44. The third-order valence-electron chi connectivity index (χ3n) is 2.28. The molecule has 1 N–H and O–H groups in total. The molecule has 1 rings (SSSR count). The van der Waals surface area contributed by atoms with Crippen molar-refractivity contribution in [2.24, 2.45) is 5.41 Å². The first-order chi connectivity index (χ1) is 6.32. The summed E-state index contributed by atoms with van der Waals surface area (Å²) in [6, 6.07) is 0. The standard InChI is InChI=1S/C10H17NO3/c1-10(2,3)9(14)11-5-4-7(12)6-8(11)13/h7,12H,4-6H2,1-3H3. The Morgan fingerprint density at radius 3 is 2.50 bits per heavy atom. The minimum Gasteiger partial charge on any atom is -0.393 e. The molecule has 4 heteroatoms. The highest BCUT2D eigenvalue weighted by Crippen LogP contribution is 2.21. The molecule has 1 aliphatic rings. The lowest BCUT2D eigenvalue weighted by Crippen LogP contribution is -2.48. The predicted molar refractivity (Wildman–Crippen MR) is 51.4 cm³/mol. The quantitative estimate of drug-likeness (QED) is 0.619. The van der Waals surface area contributed by atoms with Crippen LogP contribution in [0.2, 0.25) is 0 Å². The second kappa shape index (κ2) is 3.69. The molecule has 0 spiro atoms. The van der Waals surface area contributed by atoms with E-state index in [2.05, 4.69) is 0 Å². The van der Waals surface area contributed by atoms with Crippen molar-refractivity contribution in [3.8, 4) is 0 Å². The number of carbonyl (C=O) groups excluding carboxylic acids is 2. The molecule has 0 aromatic rings. The van der Waals surface area contributed by atoms with Crippen molar-refractivity contribution in [1.29, 1.82) is 0 Å². The van der Waals surface area contributed by atoms with E-state index >= 15 is 0 Å².